The van der Waals surface area contributed by atoms with Crippen LogP contribution in [0.25, 0.3) is 0 Å². The average molecular weight is 312 g/mol. The van der Waals surface area contributed by atoms with E-state index in [0.717, 1.165) is 17.4 Å². The van der Waals surface area contributed by atoms with Crippen molar-refractivity contribution in [3.63, 3.8) is 0 Å². The second-order valence-electron chi connectivity index (χ2n) is 6.19. The maximum absolute atomic E-state index is 6.09. The number of hydrogen-bond donors (Lipinski definition) is 1. The summed E-state index contributed by atoms with van der Waals surface area (Å²) in [6, 6.07) is 8.73. The topological polar surface area (TPSA) is 21.3 Å². The highest BCUT2D eigenvalue weighted by Gasteiger charge is 2.45. The molecule has 1 unspecified atom stereocenters. The lowest BCUT2D eigenvalue weighted by Gasteiger charge is -2.28. The van der Waals surface area contributed by atoms with E-state index in [4.69, 9.17) is 4.74 Å². The van der Waals surface area contributed by atoms with Crippen molar-refractivity contribution in [2.45, 2.75) is 57.9 Å². The first-order valence-corrected chi connectivity index (χ1v) is 7.26. The molecule has 1 aliphatic heterocycles. The molecule has 0 amide bonds. The third-order valence-corrected chi connectivity index (χ3v) is 4.34. The summed E-state index contributed by atoms with van der Waals surface area (Å²) in [5.41, 5.74) is 1.15. The molecular weight excluding hydrogens is 290 g/mol. The minimum atomic E-state index is -0.106. The fourth-order valence-electron chi connectivity index (χ4n) is 2.76. The van der Waals surface area contributed by atoms with E-state index in [1.54, 1.807) is 0 Å². The average Bonchev–Trinajstić information content (AvgIpc) is 2.45. The predicted molar refractivity (Wildman–Crippen MR) is 78.6 cm³/mol. The van der Waals surface area contributed by atoms with Crippen molar-refractivity contribution in [3.05, 3.63) is 34.3 Å². The van der Waals surface area contributed by atoms with E-state index >= 15 is 0 Å². The van der Waals surface area contributed by atoms with Gasteiger partial charge in [0.25, 0.3) is 0 Å². The van der Waals surface area contributed by atoms with E-state index < -0.39 is 0 Å². The van der Waals surface area contributed by atoms with Gasteiger partial charge >= 0.3 is 0 Å². The Balaban J connectivity index is 2.01. The second-order valence-corrected chi connectivity index (χ2v) is 7.05. The molecule has 0 aliphatic carbocycles. The van der Waals surface area contributed by atoms with Crippen LogP contribution in [0, 0.1) is 0 Å². The van der Waals surface area contributed by atoms with Gasteiger partial charge in [0.2, 0.25) is 0 Å². The van der Waals surface area contributed by atoms with Gasteiger partial charge in [-0.3, -0.25) is 0 Å². The first kappa shape index (κ1) is 14.0. The van der Waals surface area contributed by atoms with E-state index in [0.29, 0.717) is 6.04 Å². The fraction of sp³-hybridized carbons (Fsp3) is 0.600. The molecule has 0 spiro atoms. The molecule has 1 fully saturated rings. The van der Waals surface area contributed by atoms with E-state index in [1.165, 1.54) is 5.56 Å². The first-order chi connectivity index (χ1) is 8.30. The van der Waals surface area contributed by atoms with Crippen LogP contribution in [0.4, 0.5) is 0 Å². The van der Waals surface area contributed by atoms with E-state index in [-0.39, 0.29) is 11.2 Å². The lowest BCUT2D eigenvalue weighted by molar-refractivity contribution is -0.0699. The van der Waals surface area contributed by atoms with Crippen LogP contribution in [-0.2, 0) is 11.3 Å². The zero-order valence-corrected chi connectivity index (χ0v) is 13.2. The number of hydrogen-bond acceptors (Lipinski definition) is 2. The summed E-state index contributed by atoms with van der Waals surface area (Å²) in [6.07, 6.45) is 1.05. The molecular formula is C15H22BrNO. The number of benzene rings is 1. The molecule has 18 heavy (non-hydrogen) atoms. The van der Waals surface area contributed by atoms with Crippen molar-refractivity contribution >= 4 is 15.9 Å². The number of halogens is 1. The van der Waals surface area contributed by atoms with E-state index in [1.807, 2.05) is 6.07 Å². The second kappa shape index (κ2) is 4.95. The Kier molecular flexibility index (Phi) is 3.86. The van der Waals surface area contributed by atoms with Crippen LogP contribution in [0.1, 0.15) is 39.7 Å². The monoisotopic (exact) mass is 311 g/mol. The van der Waals surface area contributed by atoms with Gasteiger partial charge in [0.15, 0.2) is 0 Å². The molecule has 1 saturated heterocycles. The van der Waals surface area contributed by atoms with Crippen LogP contribution in [-0.4, -0.2) is 17.2 Å². The van der Waals surface area contributed by atoms with Gasteiger partial charge < -0.3 is 10.1 Å². The molecule has 1 N–H and O–H groups in total. The molecule has 0 radical (unpaired) electrons. The Morgan fingerprint density at radius 3 is 2.50 bits per heavy atom. The minimum absolute atomic E-state index is 0.0327. The first-order valence-electron chi connectivity index (χ1n) is 6.47. The van der Waals surface area contributed by atoms with Crippen molar-refractivity contribution < 1.29 is 4.74 Å². The van der Waals surface area contributed by atoms with E-state index in [9.17, 15) is 0 Å². The molecule has 1 aliphatic rings. The molecule has 3 heteroatoms. The van der Waals surface area contributed by atoms with Crippen molar-refractivity contribution in [2.24, 2.45) is 0 Å². The van der Waals surface area contributed by atoms with Crippen molar-refractivity contribution in [1.29, 1.82) is 0 Å². The van der Waals surface area contributed by atoms with Crippen LogP contribution >= 0.6 is 15.9 Å². The highest BCUT2D eigenvalue weighted by Crippen LogP contribution is 2.37. The summed E-state index contributed by atoms with van der Waals surface area (Å²) < 4.78 is 7.25. The highest BCUT2D eigenvalue weighted by molar-refractivity contribution is 9.10. The molecule has 0 saturated carbocycles. The van der Waals surface area contributed by atoms with Gasteiger partial charge in [-0.1, -0.05) is 34.1 Å². The third kappa shape index (κ3) is 3.14. The number of ether oxygens (including phenoxy) is 1. The van der Waals surface area contributed by atoms with Gasteiger partial charge in [-0.05, 0) is 45.7 Å². The normalized spacial score (nSPS) is 25.3. The lowest BCUT2D eigenvalue weighted by atomic mass is 9.94. The van der Waals surface area contributed by atoms with Gasteiger partial charge in [-0.25, -0.2) is 0 Å². The Labute approximate surface area is 118 Å². The molecule has 1 atom stereocenters. The third-order valence-electron chi connectivity index (χ3n) is 3.57. The van der Waals surface area contributed by atoms with Gasteiger partial charge in [0.1, 0.15) is 0 Å². The van der Waals surface area contributed by atoms with E-state index in [2.05, 4.69) is 67.1 Å². The number of nitrogens with one attached hydrogen (secondary N) is 1. The van der Waals surface area contributed by atoms with Crippen LogP contribution in [0.15, 0.2) is 28.7 Å². The Morgan fingerprint density at radius 1 is 1.28 bits per heavy atom. The van der Waals surface area contributed by atoms with Crippen LogP contribution < -0.4 is 5.32 Å². The maximum Gasteiger partial charge on any atom is 0.0787 e. The summed E-state index contributed by atoms with van der Waals surface area (Å²) in [7, 11) is 0. The zero-order chi connectivity index (χ0) is 13.4. The molecule has 1 aromatic rings. The summed E-state index contributed by atoms with van der Waals surface area (Å²) in [5, 5.41) is 3.63. The van der Waals surface area contributed by atoms with Gasteiger partial charge in [-0.15, -0.1) is 0 Å². The SMILES string of the molecule is CC1(C)CC(NCc2ccccc2Br)C(C)(C)O1. The van der Waals surface area contributed by atoms with Gasteiger partial charge in [0.05, 0.1) is 11.2 Å². The van der Waals surface area contributed by atoms with Gasteiger partial charge in [-0.2, -0.15) is 0 Å². The van der Waals surface area contributed by atoms with Crippen LogP contribution in [0.3, 0.4) is 0 Å². The Bertz CT molecular complexity index is 428. The smallest absolute Gasteiger partial charge is 0.0787 e. The number of rotatable bonds is 3. The molecule has 0 aromatic heterocycles. The van der Waals surface area contributed by atoms with Crippen molar-refractivity contribution in [3.8, 4) is 0 Å². The largest absolute Gasteiger partial charge is 0.368 e. The molecule has 1 heterocycles. The van der Waals surface area contributed by atoms with Crippen LogP contribution in [0.2, 0.25) is 0 Å². The predicted octanol–water partition coefficient (Wildman–Crippen LogP) is 3.88. The highest BCUT2D eigenvalue weighted by atomic mass is 79.9. The molecule has 100 valence electrons. The minimum Gasteiger partial charge on any atom is -0.368 e. The summed E-state index contributed by atoms with van der Waals surface area (Å²) in [5.74, 6) is 0. The standard InChI is InChI=1S/C15H22BrNO/c1-14(2)9-13(15(3,4)18-14)17-10-11-7-5-6-8-12(11)16/h5-8,13,17H,9-10H2,1-4H3. The lowest BCUT2D eigenvalue weighted by Crippen LogP contribution is -2.42. The van der Waals surface area contributed by atoms with Crippen molar-refractivity contribution in [1.82, 2.24) is 5.32 Å². The van der Waals surface area contributed by atoms with Crippen LogP contribution in [0.5, 0.6) is 0 Å². The summed E-state index contributed by atoms with van der Waals surface area (Å²) in [4.78, 5) is 0. The zero-order valence-electron chi connectivity index (χ0n) is 11.6. The summed E-state index contributed by atoms with van der Waals surface area (Å²) >= 11 is 3.59. The summed E-state index contributed by atoms with van der Waals surface area (Å²) in [6.45, 7) is 9.53. The Hall–Kier alpha value is -0.380. The molecule has 2 rings (SSSR count). The molecule has 2 nitrogen and oxygen atoms in total. The Morgan fingerprint density at radius 2 is 1.94 bits per heavy atom. The maximum atomic E-state index is 6.09. The quantitative estimate of drug-likeness (QED) is 0.914. The molecule has 0 bridgehead atoms. The van der Waals surface area contributed by atoms with Crippen molar-refractivity contribution in [2.75, 3.05) is 0 Å². The van der Waals surface area contributed by atoms with Gasteiger partial charge in [0, 0.05) is 17.1 Å². The molecule has 1 aromatic carbocycles. The fourth-order valence-corrected chi connectivity index (χ4v) is 3.18.